The third kappa shape index (κ3) is 5.18. The Morgan fingerprint density at radius 2 is 1.76 bits per heavy atom. The molecule has 3 N–H and O–H groups in total. The molecule has 8 nitrogen and oxygen atoms in total. The number of para-hydroxylation sites is 1. The monoisotopic (exact) mass is 517 g/mol. The summed E-state index contributed by atoms with van der Waals surface area (Å²) in [5.74, 6) is -0.625. The van der Waals surface area contributed by atoms with E-state index in [1.165, 1.54) is 6.07 Å². The van der Waals surface area contributed by atoms with Gasteiger partial charge in [0.25, 0.3) is 0 Å². The zero-order chi connectivity index (χ0) is 27.2. The van der Waals surface area contributed by atoms with Crippen LogP contribution < -0.4 is 20.7 Å². The van der Waals surface area contributed by atoms with E-state index in [4.69, 9.17) is 9.72 Å². The summed E-state index contributed by atoms with van der Waals surface area (Å²) in [7, 11) is 0. The number of fused-ring (bicyclic) bond motifs is 2. The van der Waals surface area contributed by atoms with Gasteiger partial charge >= 0.3 is 6.03 Å². The van der Waals surface area contributed by atoms with Crippen molar-refractivity contribution >= 4 is 17.8 Å². The molecule has 2 aromatic heterocycles. The van der Waals surface area contributed by atoms with Crippen molar-refractivity contribution in [3.8, 4) is 22.9 Å². The highest BCUT2D eigenvalue weighted by atomic mass is 19.1. The SMILES string of the molecule is CC(C)(C)NC(=O)NC(=O)C(C)(C)C1c2ccc(-c3ccc(NC4CC4)nc3)nc2Oc2c(F)cccc21. The van der Waals surface area contributed by atoms with E-state index in [2.05, 4.69) is 20.9 Å². The molecule has 5 rings (SSSR count). The first-order chi connectivity index (χ1) is 17.9. The minimum Gasteiger partial charge on any atom is -0.435 e. The number of aromatic nitrogens is 2. The number of pyridine rings is 2. The maximum atomic E-state index is 15.0. The number of halogens is 1. The fraction of sp³-hybridized carbons (Fsp3) is 0.379. The Balaban J connectivity index is 1.49. The van der Waals surface area contributed by atoms with E-state index in [1.807, 2.05) is 45.0 Å². The van der Waals surface area contributed by atoms with Gasteiger partial charge in [0.15, 0.2) is 11.6 Å². The van der Waals surface area contributed by atoms with Gasteiger partial charge in [-0.3, -0.25) is 10.1 Å². The lowest BCUT2D eigenvalue weighted by atomic mass is 9.69. The largest absolute Gasteiger partial charge is 0.435 e. The molecule has 1 unspecified atom stereocenters. The van der Waals surface area contributed by atoms with Gasteiger partial charge in [-0.25, -0.2) is 19.2 Å². The minimum absolute atomic E-state index is 0.0248. The highest BCUT2D eigenvalue weighted by Crippen LogP contribution is 2.52. The third-order valence-corrected chi connectivity index (χ3v) is 6.72. The molecule has 0 bridgehead atoms. The average molecular weight is 518 g/mol. The van der Waals surface area contributed by atoms with Crippen molar-refractivity contribution < 1.29 is 18.7 Å². The first-order valence-corrected chi connectivity index (χ1v) is 12.8. The number of amides is 3. The van der Waals surface area contributed by atoms with Crippen LogP contribution in [0.2, 0.25) is 0 Å². The average Bonchev–Trinajstić information content (AvgIpc) is 3.66. The number of benzene rings is 1. The minimum atomic E-state index is -1.16. The predicted molar refractivity (Wildman–Crippen MR) is 143 cm³/mol. The number of hydrogen-bond donors (Lipinski definition) is 3. The quantitative estimate of drug-likeness (QED) is 0.398. The number of carbonyl (C=O) groups is 2. The van der Waals surface area contributed by atoms with E-state index >= 15 is 0 Å². The fourth-order valence-corrected chi connectivity index (χ4v) is 4.65. The van der Waals surface area contributed by atoms with Crippen molar-refractivity contribution in [2.75, 3.05) is 5.32 Å². The van der Waals surface area contributed by atoms with Crippen LogP contribution in [0, 0.1) is 11.2 Å². The number of rotatable bonds is 5. The second-order valence-electron chi connectivity index (χ2n) is 11.5. The van der Waals surface area contributed by atoms with Gasteiger partial charge in [-0.2, -0.15) is 0 Å². The molecule has 1 aliphatic carbocycles. The fourth-order valence-electron chi connectivity index (χ4n) is 4.65. The van der Waals surface area contributed by atoms with Crippen molar-refractivity contribution in [3.05, 3.63) is 65.6 Å². The molecule has 1 atom stereocenters. The Bertz CT molecular complexity index is 1390. The van der Waals surface area contributed by atoms with Crippen LogP contribution in [0.5, 0.6) is 11.6 Å². The summed E-state index contributed by atoms with van der Waals surface area (Å²) in [6, 6.07) is 12.0. The maximum Gasteiger partial charge on any atom is 0.321 e. The van der Waals surface area contributed by atoms with Gasteiger partial charge in [-0.05, 0) is 57.9 Å². The van der Waals surface area contributed by atoms with Crippen molar-refractivity contribution in [2.45, 2.75) is 65.0 Å². The molecule has 0 radical (unpaired) electrons. The van der Waals surface area contributed by atoms with Gasteiger partial charge in [0.1, 0.15) is 5.82 Å². The van der Waals surface area contributed by atoms with Crippen molar-refractivity contribution in [3.63, 3.8) is 0 Å². The Morgan fingerprint density at radius 1 is 1.00 bits per heavy atom. The number of ether oxygens (including phenoxy) is 1. The van der Waals surface area contributed by atoms with Gasteiger partial charge < -0.3 is 15.4 Å². The van der Waals surface area contributed by atoms with E-state index in [0.717, 1.165) is 24.2 Å². The smallest absolute Gasteiger partial charge is 0.321 e. The highest BCUT2D eigenvalue weighted by molar-refractivity contribution is 5.98. The summed E-state index contributed by atoms with van der Waals surface area (Å²) in [5.41, 5.74) is 0.862. The van der Waals surface area contributed by atoms with Gasteiger partial charge in [0.05, 0.1) is 11.1 Å². The molecule has 3 heterocycles. The molecule has 2 aliphatic rings. The van der Waals surface area contributed by atoms with Crippen molar-refractivity contribution in [2.24, 2.45) is 5.41 Å². The number of anilines is 1. The van der Waals surface area contributed by atoms with E-state index in [0.29, 0.717) is 22.9 Å². The van der Waals surface area contributed by atoms with Crippen LogP contribution >= 0.6 is 0 Å². The zero-order valence-electron chi connectivity index (χ0n) is 22.2. The lowest BCUT2D eigenvalue weighted by Crippen LogP contribution is -2.52. The van der Waals surface area contributed by atoms with E-state index in [9.17, 15) is 14.0 Å². The number of carbonyl (C=O) groups excluding carboxylic acids is 2. The van der Waals surface area contributed by atoms with Gasteiger partial charge in [0.2, 0.25) is 11.8 Å². The summed E-state index contributed by atoms with van der Waals surface area (Å²) in [6.07, 6.45) is 4.05. The number of nitrogens with one attached hydrogen (secondary N) is 3. The molecule has 0 saturated heterocycles. The second kappa shape index (κ2) is 9.38. The summed E-state index contributed by atoms with van der Waals surface area (Å²) in [4.78, 5) is 35.1. The van der Waals surface area contributed by atoms with Crippen molar-refractivity contribution in [1.82, 2.24) is 20.6 Å². The summed E-state index contributed by atoms with van der Waals surface area (Å²) >= 11 is 0. The highest BCUT2D eigenvalue weighted by Gasteiger charge is 2.45. The van der Waals surface area contributed by atoms with Crippen LogP contribution in [-0.2, 0) is 4.79 Å². The van der Waals surface area contributed by atoms with Crippen LogP contribution in [0.15, 0.2) is 48.7 Å². The van der Waals surface area contributed by atoms with Crippen LogP contribution in [0.3, 0.4) is 0 Å². The van der Waals surface area contributed by atoms with Crippen LogP contribution in [0.4, 0.5) is 15.0 Å². The van der Waals surface area contributed by atoms with E-state index in [-0.39, 0.29) is 11.6 Å². The van der Waals surface area contributed by atoms with Crippen LogP contribution in [-0.4, -0.2) is 33.5 Å². The molecule has 3 aromatic rings. The van der Waals surface area contributed by atoms with Gasteiger partial charge in [-0.15, -0.1) is 0 Å². The topological polar surface area (TPSA) is 105 Å². The normalized spacial score (nSPS) is 16.5. The standard InChI is InChI=1S/C29H32FN5O3/c1-28(2,3)35-27(37)34-26(36)29(4,5)23-18-7-6-8-20(30)24(18)38-25-19(23)12-13-21(33-25)16-9-14-22(31-15-16)32-17-10-11-17/h6-9,12-15,17,23H,10-11H2,1-5H3,(H,31,32)(H2,34,35,36,37). The molecule has 9 heteroatoms. The predicted octanol–water partition coefficient (Wildman–Crippen LogP) is 5.75. The molecule has 198 valence electrons. The van der Waals surface area contributed by atoms with E-state index in [1.54, 1.807) is 32.2 Å². The molecular formula is C29H32FN5O3. The Kier molecular flexibility index (Phi) is 6.33. The number of urea groups is 1. The Morgan fingerprint density at radius 3 is 2.42 bits per heavy atom. The molecule has 1 saturated carbocycles. The number of imide groups is 1. The Hall–Kier alpha value is -4.01. The number of hydrogen-bond acceptors (Lipinski definition) is 6. The molecule has 1 fully saturated rings. The molecule has 1 aromatic carbocycles. The number of nitrogens with zero attached hydrogens (tertiary/aromatic N) is 2. The molecule has 1 aliphatic heterocycles. The van der Waals surface area contributed by atoms with Crippen LogP contribution in [0.25, 0.3) is 11.3 Å². The molecule has 38 heavy (non-hydrogen) atoms. The first kappa shape index (κ1) is 25.6. The zero-order valence-corrected chi connectivity index (χ0v) is 22.2. The van der Waals surface area contributed by atoms with E-state index < -0.39 is 34.6 Å². The molecular weight excluding hydrogens is 485 g/mol. The third-order valence-electron chi connectivity index (χ3n) is 6.72. The lowest BCUT2D eigenvalue weighted by Gasteiger charge is -2.37. The maximum absolute atomic E-state index is 15.0. The van der Waals surface area contributed by atoms with Gasteiger partial charge in [0, 0.05) is 40.4 Å². The summed E-state index contributed by atoms with van der Waals surface area (Å²) < 4.78 is 20.9. The molecule has 0 spiro atoms. The van der Waals surface area contributed by atoms with Crippen molar-refractivity contribution in [1.29, 1.82) is 0 Å². The summed E-state index contributed by atoms with van der Waals surface area (Å²) in [6.45, 7) is 8.93. The first-order valence-electron chi connectivity index (χ1n) is 12.8. The Labute approximate surface area is 221 Å². The van der Waals surface area contributed by atoms with Crippen LogP contribution in [0.1, 0.15) is 64.5 Å². The molecule has 3 amide bonds. The van der Waals surface area contributed by atoms with Gasteiger partial charge in [-0.1, -0.05) is 32.0 Å². The second-order valence-corrected chi connectivity index (χ2v) is 11.5. The lowest BCUT2D eigenvalue weighted by molar-refractivity contribution is -0.128. The summed E-state index contributed by atoms with van der Waals surface area (Å²) in [5, 5.41) is 8.55.